The van der Waals surface area contributed by atoms with E-state index < -0.39 is 29.9 Å². The number of rotatable bonds is 5. The van der Waals surface area contributed by atoms with E-state index in [4.69, 9.17) is 5.11 Å². The maximum atomic E-state index is 12.6. The van der Waals surface area contributed by atoms with Crippen LogP contribution in [0.5, 0.6) is 0 Å². The fraction of sp³-hybridized carbons (Fsp3) is 0.389. The van der Waals surface area contributed by atoms with Gasteiger partial charge in [-0.25, -0.2) is 4.79 Å². The van der Waals surface area contributed by atoms with Gasteiger partial charge in [0.15, 0.2) is 5.78 Å². The minimum atomic E-state index is -1.19. The Labute approximate surface area is 144 Å². The second kappa shape index (κ2) is 6.96. The molecule has 0 aromatic heterocycles. The fourth-order valence-electron chi connectivity index (χ4n) is 3.43. The molecule has 0 spiro atoms. The van der Waals surface area contributed by atoms with E-state index in [1.165, 1.54) is 0 Å². The second-order valence-corrected chi connectivity index (χ2v) is 6.31. The number of carbonyl (C=O) groups excluding carboxylic acids is 2. The Morgan fingerprint density at radius 1 is 1.24 bits per heavy atom. The zero-order valence-electron chi connectivity index (χ0n) is 13.6. The molecular weight excluding hydrogens is 324 g/mol. The molecule has 132 valence electrons. The predicted molar refractivity (Wildman–Crippen MR) is 89.1 cm³/mol. The van der Waals surface area contributed by atoms with Gasteiger partial charge in [-0.3, -0.25) is 14.5 Å². The second-order valence-electron chi connectivity index (χ2n) is 6.31. The Kier molecular flexibility index (Phi) is 4.74. The highest BCUT2D eigenvalue weighted by Gasteiger charge is 2.42. The lowest BCUT2D eigenvalue weighted by molar-refractivity contribution is -0.124. The minimum absolute atomic E-state index is 0.263. The fourth-order valence-corrected chi connectivity index (χ4v) is 3.43. The van der Waals surface area contributed by atoms with E-state index in [2.05, 4.69) is 5.32 Å². The summed E-state index contributed by atoms with van der Waals surface area (Å²) in [6, 6.07) is 8.12. The van der Waals surface area contributed by atoms with Gasteiger partial charge in [-0.05, 0) is 31.2 Å². The molecule has 7 heteroatoms. The summed E-state index contributed by atoms with van der Waals surface area (Å²) in [5.74, 6) is -1.52. The smallest absolute Gasteiger partial charge is 0.407 e. The van der Waals surface area contributed by atoms with Gasteiger partial charge in [0.2, 0.25) is 0 Å². The third kappa shape index (κ3) is 3.35. The van der Waals surface area contributed by atoms with Crippen molar-refractivity contribution in [1.82, 2.24) is 10.2 Å². The SMILES string of the molecule is O=C1NC(CCc2ccccc2)C(O)=C1C(=O)C1CCCN1C(=O)O. The van der Waals surface area contributed by atoms with E-state index in [9.17, 15) is 19.5 Å². The van der Waals surface area contributed by atoms with Crippen LogP contribution in [-0.2, 0) is 16.0 Å². The summed E-state index contributed by atoms with van der Waals surface area (Å²) >= 11 is 0. The number of hydrogen-bond donors (Lipinski definition) is 3. The van der Waals surface area contributed by atoms with Crippen LogP contribution in [0.15, 0.2) is 41.7 Å². The van der Waals surface area contributed by atoms with Crippen molar-refractivity contribution in [1.29, 1.82) is 0 Å². The average molecular weight is 344 g/mol. The Morgan fingerprint density at radius 3 is 2.64 bits per heavy atom. The lowest BCUT2D eigenvalue weighted by Gasteiger charge is -2.20. The summed E-state index contributed by atoms with van der Waals surface area (Å²) in [5.41, 5.74) is 0.772. The topological polar surface area (TPSA) is 107 Å². The van der Waals surface area contributed by atoms with Gasteiger partial charge in [0.05, 0.1) is 12.1 Å². The molecule has 3 rings (SSSR count). The molecule has 0 bridgehead atoms. The Morgan fingerprint density at radius 2 is 1.96 bits per heavy atom. The summed E-state index contributed by atoms with van der Waals surface area (Å²) in [5, 5.41) is 22.1. The molecule has 25 heavy (non-hydrogen) atoms. The summed E-state index contributed by atoms with van der Waals surface area (Å²) < 4.78 is 0. The predicted octanol–water partition coefficient (Wildman–Crippen LogP) is 1.64. The van der Waals surface area contributed by atoms with Crippen molar-refractivity contribution in [2.24, 2.45) is 0 Å². The van der Waals surface area contributed by atoms with Crippen molar-refractivity contribution in [3.8, 4) is 0 Å². The molecule has 0 saturated carbocycles. The zero-order valence-corrected chi connectivity index (χ0v) is 13.6. The number of benzene rings is 1. The molecule has 1 saturated heterocycles. The number of hydrogen-bond acceptors (Lipinski definition) is 4. The summed E-state index contributed by atoms with van der Waals surface area (Å²) in [6.07, 6.45) is 0.850. The summed E-state index contributed by atoms with van der Waals surface area (Å²) in [7, 11) is 0. The molecule has 1 aromatic carbocycles. The van der Waals surface area contributed by atoms with Crippen LogP contribution in [0.1, 0.15) is 24.8 Å². The zero-order chi connectivity index (χ0) is 18.0. The number of likely N-dealkylation sites (tertiary alicyclic amines) is 1. The molecule has 2 aliphatic rings. The van der Waals surface area contributed by atoms with Crippen molar-refractivity contribution < 1.29 is 24.6 Å². The van der Waals surface area contributed by atoms with Crippen molar-refractivity contribution in [2.45, 2.75) is 37.8 Å². The van der Waals surface area contributed by atoms with Crippen LogP contribution in [0.3, 0.4) is 0 Å². The number of Topliss-reactive ketones (excluding diaryl/α,β-unsaturated/α-hetero) is 1. The third-order valence-corrected chi connectivity index (χ3v) is 4.73. The molecule has 0 aliphatic carbocycles. The molecule has 0 radical (unpaired) electrons. The standard InChI is InChI=1S/C18H20N2O5/c21-15-12(9-8-11-5-2-1-3-6-11)19-17(23)14(15)16(22)13-7-4-10-20(13)18(24)25/h1-3,5-6,12-13,21H,4,7-10H2,(H,19,23)(H,24,25). The molecule has 7 nitrogen and oxygen atoms in total. The van der Waals surface area contributed by atoms with Gasteiger partial charge in [0, 0.05) is 6.54 Å². The van der Waals surface area contributed by atoms with Gasteiger partial charge < -0.3 is 15.5 Å². The third-order valence-electron chi connectivity index (χ3n) is 4.73. The highest BCUT2D eigenvalue weighted by atomic mass is 16.4. The lowest BCUT2D eigenvalue weighted by Crippen LogP contribution is -2.41. The Hall–Kier alpha value is -2.83. The van der Waals surface area contributed by atoms with Crippen molar-refractivity contribution in [3.63, 3.8) is 0 Å². The normalized spacial score (nSPS) is 23.0. The summed E-state index contributed by atoms with van der Waals surface area (Å²) in [4.78, 5) is 37.0. The first-order valence-electron chi connectivity index (χ1n) is 8.30. The number of aliphatic hydroxyl groups excluding tert-OH is 1. The number of carbonyl (C=O) groups is 3. The quantitative estimate of drug-likeness (QED) is 0.704. The largest absolute Gasteiger partial charge is 0.509 e. The van der Waals surface area contributed by atoms with Crippen LogP contribution in [0.4, 0.5) is 4.79 Å². The first-order chi connectivity index (χ1) is 12.0. The van der Waals surface area contributed by atoms with Crippen molar-refractivity contribution in [3.05, 3.63) is 47.2 Å². The van der Waals surface area contributed by atoms with E-state index in [-0.39, 0.29) is 17.9 Å². The van der Waals surface area contributed by atoms with Gasteiger partial charge in [-0.15, -0.1) is 0 Å². The highest BCUT2D eigenvalue weighted by molar-refractivity contribution is 6.23. The van der Waals surface area contributed by atoms with Crippen LogP contribution in [0.2, 0.25) is 0 Å². The molecule has 3 N–H and O–H groups in total. The lowest BCUT2D eigenvalue weighted by atomic mass is 9.99. The molecule has 1 aromatic rings. The number of carboxylic acid groups (broad SMARTS) is 1. The number of amides is 2. The van der Waals surface area contributed by atoms with Gasteiger partial charge in [-0.1, -0.05) is 30.3 Å². The molecule has 2 atom stereocenters. The molecule has 2 amide bonds. The molecule has 2 aliphatic heterocycles. The van der Waals surface area contributed by atoms with E-state index in [1.54, 1.807) is 0 Å². The van der Waals surface area contributed by atoms with Crippen molar-refractivity contribution in [2.75, 3.05) is 6.54 Å². The van der Waals surface area contributed by atoms with Crippen LogP contribution < -0.4 is 5.32 Å². The van der Waals surface area contributed by atoms with Gasteiger partial charge >= 0.3 is 6.09 Å². The maximum Gasteiger partial charge on any atom is 0.407 e. The van der Waals surface area contributed by atoms with Gasteiger partial charge in [0.25, 0.3) is 5.91 Å². The monoisotopic (exact) mass is 344 g/mol. The van der Waals surface area contributed by atoms with Crippen molar-refractivity contribution >= 4 is 17.8 Å². The molecular formula is C18H20N2O5. The molecule has 1 fully saturated rings. The molecule has 2 heterocycles. The van der Waals surface area contributed by atoms with E-state index in [0.717, 1.165) is 10.5 Å². The Bertz CT molecular complexity index is 728. The maximum absolute atomic E-state index is 12.6. The highest BCUT2D eigenvalue weighted by Crippen LogP contribution is 2.26. The van der Waals surface area contributed by atoms with Crippen LogP contribution in [0, 0.1) is 0 Å². The van der Waals surface area contributed by atoms with Gasteiger partial charge in [0.1, 0.15) is 11.3 Å². The summed E-state index contributed by atoms with van der Waals surface area (Å²) in [6.45, 7) is 0.263. The number of ketones is 1. The molecule has 2 unspecified atom stereocenters. The van der Waals surface area contributed by atoms with Crippen LogP contribution >= 0.6 is 0 Å². The number of aliphatic hydroxyl groups is 1. The van der Waals surface area contributed by atoms with Crippen LogP contribution in [0.25, 0.3) is 0 Å². The number of nitrogens with zero attached hydrogens (tertiary/aromatic N) is 1. The number of aryl methyl sites for hydroxylation is 1. The minimum Gasteiger partial charge on any atom is -0.509 e. The number of nitrogens with one attached hydrogen (secondary N) is 1. The first kappa shape index (κ1) is 17.0. The van der Waals surface area contributed by atoms with E-state index >= 15 is 0 Å². The van der Waals surface area contributed by atoms with Gasteiger partial charge in [-0.2, -0.15) is 0 Å². The van der Waals surface area contributed by atoms with E-state index in [1.807, 2.05) is 30.3 Å². The average Bonchev–Trinajstić information content (AvgIpc) is 3.19. The Balaban J connectivity index is 1.73. The van der Waals surface area contributed by atoms with Crippen LogP contribution in [-0.4, -0.2) is 51.5 Å². The van der Waals surface area contributed by atoms with E-state index in [0.29, 0.717) is 25.7 Å². The first-order valence-corrected chi connectivity index (χ1v) is 8.30.